The second kappa shape index (κ2) is 8.72. The summed E-state index contributed by atoms with van der Waals surface area (Å²) in [5.74, 6) is -0.640. The third-order valence-electron chi connectivity index (χ3n) is 2.34. The Bertz CT molecular complexity index is 466. The van der Waals surface area contributed by atoms with E-state index in [0.29, 0.717) is 12.1 Å². The molecule has 1 rings (SSSR count). The van der Waals surface area contributed by atoms with Crippen LogP contribution >= 0.6 is 0 Å². The van der Waals surface area contributed by atoms with E-state index in [1.54, 1.807) is 0 Å². The molecule has 1 aromatic rings. The van der Waals surface area contributed by atoms with Crippen LogP contribution in [0.5, 0.6) is 5.75 Å². The third-order valence-corrected chi connectivity index (χ3v) is 2.34. The first-order chi connectivity index (χ1) is 9.97. The van der Waals surface area contributed by atoms with Gasteiger partial charge in [-0.15, -0.1) is 0 Å². The molecule has 0 heterocycles. The molecule has 0 aliphatic carbocycles. The predicted octanol–water partition coefficient (Wildman–Crippen LogP) is 2.32. The first-order valence-corrected chi connectivity index (χ1v) is 6.25. The quantitative estimate of drug-likeness (QED) is 0.643. The van der Waals surface area contributed by atoms with Crippen molar-refractivity contribution in [2.24, 2.45) is 0 Å². The van der Waals surface area contributed by atoms with Crippen LogP contribution in [0.15, 0.2) is 24.3 Å². The molecular formula is C13H16F2N2O4. The lowest BCUT2D eigenvalue weighted by Gasteiger charge is -2.09. The van der Waals surface area contributed by atoms with Crippen LogP contribution in [0.2, 0.25) is 0 Å². The Morgan fingerprint density at radius 2 is 1.90 bits per heavy atom. The molecule has 0 aliphatic rings. The lowest BCUT2D eigenvalue weighted by molar-refractivity contribution is -0.137. The van der Waals surface area contributed by atoms with Crippen molar-refractivity contribution in [3.05, 3.63) is 24.3 Å². The largest absolute Gasteiger partial charge is 0.488 e. The molecule has 0 spiro atoms. The number of hydrogen-bond donors (Lipinski definition) is 3. The van der Waals surface area contributed by atoms with Gasteiger partial charge in [0, 0.05) is 18.7 Å². The Kier molecular flexibility index (Phi) is 6.93. The van der Waals surface area contributed by atoms with Gasteiger partial charge in [0.15, 0.2) is 0 Å². The van der Waals surface area contributed by atoms with Gasteiger partial charge in [-0.2, -0.15) is 0 Å². The average molecular weight is 302 g/mol. The van der Waals surface area contributed by atoms with Gasteiger partial charge in [0.2, 0.25) is 0 Å². The first-order valence-electron chi connectivity index (χ1n) is 6.25. The van der Waals surface area contributed by atoms with E-state index in [2.05, 4.69) is 10.6 Å². The maximum atomic E-state index is 11.9. The molecular weight excluding hydrogens is 286 g/mol. The smallest absolute Gasteiger partial charge is 0.319 e. The van der Waals surface area contributed by atoms with Crippen LogP contribution in [0.3, 0.4) is 0 Å². The zero-order valence-corrected chi connectivity index (χ0v) is 11.1. The van der Waals surface area contributed by atoms with E-state index in [9.17, 15) is 18.4 Å². The number of carboxylic acids is 1. The molecule has 0 unspecified atom stereocenters. The van der Waals surface area contributed by atoms with Crippen molar-refractivity contribution in [2.45, 2.75) is 19.3 Å². The molecule has 0 atom stereocenters. The fraction of sp³-hybridized carbons (Fsp3) is 0.385. The Morgan fingerprint density at radius 1 is 1.24 bits per heavy atom. The summed E-state index contributed by atoms with van der Waals surface area (Å²) < 4.78 is 28.7. The van der Waals surface area contributed by atoms with Crippen molar-refractivity contribution in [1.29, 1.82) is 0 Å². The monoisotopic (exact) mass is 302 g/mol. The molecule has 1 aromatic carbocycles. The summed E-state index contributed by atoms with van der Waals surface area (Å²) >= 11 is 0. The summed E-state index contributed by atoms with van der Waals surface area (Å²) in [6.45, 7) is -0.440. The number of hydrogen-bond acceptors (Lipinski definition) is 3. The summed E-state index contributed by atoms with van der Waals surface area (Å²) in [6.07, 6.45) is -2.22. The number of amides is 2. The van der Waals surface area contributed by atoms with Gasteiger partial charge in [-0.1, -0.05) is 0 Å². The van der Waals surface area contributed by atoms with E-state index in [1.807, 2.05) is 0 Å². The number of carboxylic acid groups (broad SMARTS) is 1. The zero-order chi connectivity index (χ0) is 15.7. The number of benzene rings is 1. The number of nitrogens with one attached hydrogen (secondary N) is 2. The van der Waals surface area contributed by atoms with Gasteiger partial charge in [0.1, 0.15) is 12.4 Å². The van der Waals surface area contributed by atoms with Crippen LogP contribution in [-0.2, 0) is 4.79 Å². The SMILES string of the molecule is O=C(O)CCCNC(=O)Nc1ccc(OCC(F)F)cc1. The Labute approximate surface area is 120 Å². The number of carbonyl (C=O) groups is 2. The predicted molar refractivity (Wildman–Crippen MR) is 71.8 cm³/mol. The second-order valence-corrected chi connectivity index (χ2v) is 4.10. The van der Waals surface area contributed by atoms with Crippen molar-refractivity contribution in [3.63, 3.8) is 0 Å². The Morgan fingerprint density at radius 3 is 2.48 bits per heavy atom. The molecule has 0 bridgehead atoms. The van der Waals surface area contributed by atoms with E-state index >= 15 is 0 Å². The molecule has 0 saturated heterocycles. The van der Waals surface area contributed by atoms with Crippen molar-refractivity contribution in [1.82, 2.24) is 5.32 Å². The topological polar surface area (TPSA) is 87.7 Å². The highest BCUT2D eigenvalue weighted by Crippen LogP contribution is 2.16. The number of halogens is 2. The Balaban J connectivity index is 2.30. The molecule has 0 radical (unpaired) electrons. The van der Waals surface area contributed by atoms with Crippen molar-refractivity contribution < 1.29 is 28.2 Å². The number of aliphatic carboxylic acids is 1. The van der Waals surface area contributed by atoms with Crippen molar-refractivity contribution >= 4 is 17.7 Å². The average Bonchev–Trinajstić information content (AvgIpc) is 2.42. The number of rotatable bonds is 8. The summed E-state index contributed by atoms with van der Waals surface area (Å²) in [7, 11) is 0. The van der Waals surface area contributed by atoms with E-state index < -0.39 is 25.0 Å². The van der Waals surface area contributed by atoms with Gasteiger partial charge in [0.05, 0.1) is 0 Å². The molecule has 21 heavy (non-hydrogen) atoms. The standard InChI is InChI=1S/C13H16F2N2O4/c14-11(15)8-21-10-5-3-9(4-6-10)17-13(20)16-7-1-2-12(18)19/h3-6,11H,1-2,7-8H2,(H,18,19)(H2,16,17,20). The molecule has 8 heteroatoms. The van der Waals surface area contributed by atoms with Crippen LogP contribution in [0.25, 0.3) is 0 Å². The summed E-state index contributed by atoms with van der Waals surface area (Å²) in [5, 5.41) is 13.4. The van der Waals surface area contributed by atoms with Crippen LogP contribution in [-0.4, -0.2) is 36.7 Å². The number of ether oxygens (including phenoxy) is 1. The number of carbonyl (C=O) groups excluding carboxylic acids is 1. The van der Waals surface area contributed by atoms with Gasteiger partial charge in [-0.25, -0.2) is 13.6 Å². The van der Waals surface area contributed by atoms with Gasteiger partial charge >= 0.3 is 12.0 Å². The lowest BCUT2D eigenvalue weighted by atomic mass is 10.3. The highest BCUT2D eigenvalue weighted by Gasteiger charge is 2.05. The fourth-order valence-electron chi connectivity index (χ4n) is 1.41. The van der Waals surface area contributed by atoms with Gasteiger partial charge in [0.25, 0.3) is 6.43 Å². The molecule has 0 aromatic heterocycles. The van der Waals surface area contributed by atoms with Crippen LogP contribution in [0.1, 0.15) is 12.8 Å². The van der Waals surface area contributed by atoms with Crippen LogP contribution < -0.4 is 15.4 Å². The highest BCUT2D eigenvalue weighted by molar-refractivity contribution is 5.89. The maximum Gasteiger partial charge on any atom is 0.319 e. The van der Waals surface area contributed by atoms with E-state index in [4.69, 9.17) is 9.84 Å². The van der Waals surface area contributed by atoms with Crippen LogP contribution in [0, 0.1) is 0 Å². The summed E-state index contributed by atoms with van der Waals surface area (Å²) in [4.78, 5) is 21.7. The minimum atomic E-state index is -2.54. The second-order valence-electron chi connectivity index (χ2n) is 4.10. The minimum absolute atomic E-state index is 0.0174. The van der Waals surface area contributed by atoms with E-state index in [0.717, 1.165) is 0 Å². The molecule has 116 valence electrons. The number of urea groups is 1. The molecule has 0 fully saturated rings. The summed E-state index contributed by atoms with van der Waals surface area (Å²) in [5.41, 5.74) is 0.468. The van der Waals surface area contributed by atoms with Gasteiger partial charge in [-0.3, -0.25) is 4.79 Å². The molecule has 3 N–H and O–H groups in total. The maximum absolute atomic E-state index is 11.9. The summed E-state index contributed by atoms with van der Waals surface area (Å²) in [6, 6.07) is 5.47. The molecule has 0 saturated carbocycles. The molecule has 0 aliphatic heterocycles. The zero-order valence-electron chi connectivity index (χ0n) is 11.1. The van der Waals surface area contributed by atoms with Crippen LogP contribution in [0.4, 0.5) is 19.3 Å². The number of alkyl halides is 2. The Hall–Kier alpha value is -2.38. The van der Waals surface area contributed by atoms with E-state index in [1.165, 1.54) is 24.3 Å². The van der Waals surface area contributed by atoms with Crippen molar-refractivity contribution in [2.75, 3.05) is 18.5 Å². The third kappa shape index (κ3) is 7.71. The molecule has 6 nitrogen and oxygen atoms in total. The fourth-order valence-corrected chi connectivity index (χ4v) is 1.41. The van der Waals surface area contributed by atoms with Gasteiger partial charge < -0.3 is 20.5 Å². The minimum Gasteiger partial charge on any atom is -0.488 e. The van der Waals surface area contributed by atoms with Gasteiger partial charge in [-0.05, 0) is 30.7 Å². The number of anilines is 1. The lowest BCUT2D eigenvalue weighted by Crippen LogP contribution is -2.29. The van der Waals surface area contributed by atoms with E-state index in [-0.39, 0.29) is 18.7 Å². The molecule has 2 amide bonds. The normalized spacial score (nSPS) is 10.2. The first kappa shape index (κ1) is 16.7. The van der Waals surface area contributed by atoms with Crippen molar-refractivity contribution in [3.8, 4) is 5.75 Å². The highest BCUT2D eigenvalue weighted by atomic mass is 19.3.